The molecule has 0 aliphatic rings. The number of aryl methyl sites for hydroxylation is 1. The fourth-order valence-electron chi connectivity index (χ4n) is 4.10. The number of carbonyl (C=O) groups is 1. The number of sulfonamides is 1. The molecule has 1 N–H and O–H groups in total. The highest BCUT2D eigenvalue weighted by atomic mass is 32.2. The van der Waals surface area contributed by atoms with Gasteiger partial charge in [0.05, 0.1) is 10.6 Å². The van der Waals surface area contributed by atoms with Crippen molar-refractivity contribution < 1.29 is 13.2 Å². The third-order valence-electron chi connectivity index (χ3n) is 5.19. The van der Waals surface area contributed by atoms with E-state index in [1.54, 1.807) is 36.4 Å². The summed E-state index contributed by atoms with van der Waals surface area (Å²) < 4.78 is 28.3. The van der Waals surface area contributed by atoms with Crippen molar-refractivity contribution in [1.82, 2.24) is 5.32 Å². The summed E-state index contributed by atoms with van der Waals surface area (Å²) in [7, 11) is -3.92. The zero-order valence-corrected chi connectivity index (χ0v) is 21.5. The van der Waals surface area contributed by atoms with Crippen LogP contribution in [0.5, 0.6) is 0 Å². The van der Waals surface area contributed by atoms with Crippen molar-refractivity contribution >= 4 is 21.6 Å². The van der Waals surface area contributed by atoms with E-state index < -0.39 is 15.6 Å². The van der Waals surface area contributed by atoms with Gasteiger partial charge >= 0.3 is 0 Å². The van der Waals surface area contributed by atoms with E-state index in [-0.39, 0.29) is 22.8 Å². The van der Waals surface area contributed by atoms with Gasteiger partial charge in [0.1, 0.15) is 6.54 Å². The Hall–Kier alpha value is -2.34. The molecule has 2 rings (SSSR count). The number of amides is 1. The fourth-order valence-corrected chi connectivity index (χ4v) is 5.52. The molecule has 0 radical (unpaired) electrons. The molecule has 0 atom stereocenters. The summed E-state index contributed by atoms with van der Waals surface area (Å²) in [6.07, 6.45) is 0.763. The van der Waals surface area contributed by atoms with Gasteiger partial charge in [-0.2, -0.15) is 0 Å². The largest absolute Gasteiger partial charge is 0.350 e. The monoisotopic (exact) mass is 458 g/mol. The molecule has 0 fully saturated rings. The molecule has 2 aromatic carbocycles. The first kappa shape index (κ1) is 25.9. The molecule has 0 bridgehead atoms. The van der Waals surface area contributed by atoms with Crippen LogP contribution in [0.3, 0.4) is 0 Å². The Morgan fingerprint density at radius 2 is 1.47 bits per heavy atom. The molecule has 0 aliphatic heterocycles. The van der Waals surface area contributed by atoms with E-state index in [1.807, 2.05) is 32.9 Å². The smallest absolute Gasteiger partial charge is 0.264 e. The Labute approximate surface area is 194 Å². The summed E-state index contributed by atoms with van der Waals surface area (Å²) in [5, 5.41) is 3.03. The number of carbonyl (C=O) groups excluding carboxylic acids is 1. The predicted molar refractivity (Wildman–Crippen MR) is 133 cm³/mol. The lowest BCUT2D eigenvalue weighted by Gasteiger charge is -2.34. The highest BCUT2D eigenvalue weighted by molar-refractivity contribution is 7.92. The zero-order valence-electron chi connectivity index (χ0n) is 20.7. The summed E-state index contributed by atoms with van der Waals surface area (Å²) in [5.41, 5.74) is 2.11. The maximum atomic E-state index is 13.5. The molecular weight excluding hydrogens is 420 g/mol. The van der Waals surface area contributed by atoms with Crippen LogP contribution in [0.4, 0.5) is 5.69 Å². The van der Waals surface area contributed by atoms with Crippen molar-refractivity contribution in [3.63, 3.8) is 0 Å². The van der Waals surface area contributed by atoms with Crippen LogP contribution in [0.1, 0.15) is 71.9 Å². The van der Waals surface area contributed by atoms with E-state index >= 15 is 0 Å². The minimum absolute atomic E-state index is 0.0249. The van der Waals surface area contributed by atoms with Crippen LogP contribution in [-0.4, -0.2) is 26.4 Å². The number of nitrogens with one attached hydrogen (secondary N) is 1. The van der Waals surface area contributed by atoms with Crippen molar-refractivity contribution in [3.8, 4) is 0 Å². The number of anilines is 1. The van der Waals surface area contributed by atoms with Crippen LogP contribution < -0.4 is 9.62 Å². The molecule has 2 aromatic rings. The minimum Gasteiger partial charge on any atom is -0.350 e. The summed E-state index contributed by atoms with van der Waals surface area (Å²) in [6.45, 7) is 16.1. The normalized spacial score (nSPS) is 12.7. The molecule has 0 saturated carbocycles. The van der Waals surface area contributed by atoms with Crippen LogP contribution in [0.15, 0.2) is 53.4 Å². The lowest BCUT2D eigenvalue weighted by atomic mass is 9.82. The van der Waals surface area contributed by atoms with Crippen LogP contribution in [0, 0.1) is 12.3 Å². The molecule has 1 amide bonds. The molecule has 32 heavy (non-hydrogen) atoms. The molecule has 6 heteroatoms. The Morgan fingerprint density at radius 3 is 1.94 bits per heavy atom. The van der Waals surface area contributed by atoms with Gasteiger partial charge in [-0.25, -0.2) is 8.42 Å². The van der Waals surface area contributed by atoms with Crippen molar-refractivity contribution in [2.75, 3.05) is 10.8 Å². The van der Waals surface area contributed by atoms with Gasteiger partial charge in [0, 0.05) is 5.54 Å². The van der Waals surface area contributed by atoms with Crippen molar-refractivity contribution in [1.29, 1.82) is 0 Å². The summed E-state index contributed by atoms with van der Waals surface area (Å²) in [6, 6.07) is 14.1. The fraction of sp³-hybridized carbons (Fsp3) is 0.500. The molecule has 0 spiro atoms. The molecule has 5 nitrogen and oxygen atoms in total. The standard InChI is InChI=1S/C26H38N2O3S/c1-19(2)21-11-13-22(14-12-21)28(32(30,31)23-15-9-20(3)10-16-23)17-24(29)27-26(7,8)18-25(4,5)6/h9-16,19H,17-18H2,1-8H3,(H,27,29). The average molecular weight is 459 g/mol. The number of hydrogen-bond acceptors (Lipinski definition) is 3. The maximum absolute atomic E-state index is 13.5. The SMILES string of the molecule is Cc1ccc(S(=O)(=O)N(CC(=O)NC(C)(C)CC(C)(C)C)c2ccc(C(C)C)cc2)cc1. The van der Waals surface area contributed by atoms with E-state index in [0.717, 1.165) is 17.5 Å². The Morgan fingerprint density at radius 1 is 0.938 bits per heavy atom. The number of nitrogens with zero attached hydrogens (tertiary/aromatic N) is 1. The second kappa shape index (κ2) is 9.65. The topological polar surface area (TPSA) is 66.5 Å². The van der Waals surface area contributed by atoms with E-state index in [1.165, 1.54) is 4.31 Å². The molecule has 0 aliphatic carbocycles. The van der Waals surface area contributed by atoms with Crippen molar-refractivity contribution in [3.05, 3.63) is 59.7 Å². The van der Waals surface area contributed by atoms with Crippen molar-refractivity contribution in [2.24, 2.45) is 5.41 Å². The van der Waals surface area contributed by atoms with Gasteiger partial charge in [0.15, 0.2) is 0 Å². The number of rotatable bonds is 8. The van der Waals surface area contributed by atoms with Crippen LogP contribution in [-0.2, 0) is 14.8 Å². The second-order valence-electron chi connectivity index (χ2n) is 10.7. The minimum atomic E-state index is -3.92. The summed E-state index contributed by atoms with van der Waals surface area (Å²) in [4.78, 5) is 13.2. The van der Waals surface area contributed by atoms with Gasteiger partial charge < -0.3 is 5.32 Å². The van der Waals surface area contributed by atoms with Gasteiger partial charge in [-0.1, -0.05) is 64.4 Å². The third-order valence-corrected chi connectivity index (χ3v) is 6.98. The van der Waals surface area contributed by atoms with E-state index in [0.29, 0.717) is 11.6 Å². The van der Waals surface area contributed by atoms with Crippen LogP contribution >= 0.6 is 0 Å². The first-order valence-electron chi connectivity index (χ1n) is 11.1. The van der Waals surface area contributed by atoms with E-state index in [4.69, 9.17) is 0 Å². The van der Waals surface area contributed by atoms with Crippen LogP contribution in [0.25, 0.3) is 0 Å². The van der Waals surface area contributed by atoms with Crippen molar-refractivity contribution in [2.45, 2.75) is 78.2 Å². The Kier molecular flexibility index (Phi) is 7.82. The molecule has 176 valence electrons. The lowest BCUT2D eigenvalue weighted by Crippen LogP contribution is -2.50. The highest BCUT2D eigenvalue weighted by Crippen LogP contribution is 2.28. The summed E-state index contributed by atoms with van der Waals surface area (Å²) >= 11 is 0. The Balaban J connectivity index is 2.40. The van der Waals surface area contributed by atoms with Crippen LogP contribution in [0.2, 0.25) is 0 Å². The first-order chi connectivity index (χ1) is 14.6. The first-order valence-corrected chi connectivity index (χ1v) is 12.6. The number of hydrogen-bond donors (Lipinski definition) is 1. The van der Waals surface area contributed by atoms with Gasteiger partial charge in [-0.15, -0.1) is 0 Å². The maximum Gasteiger partial charge on any atom is 0.264 e. The Bertz CT molecular complexity index is 1020. The lowest BCUT2D eigenvalue weighted by molar-refractivity contribution is -0.121. The highest BCUT2D eigenvalue weighted by Gasteiger charge is 2.31. The van der Waals surface area contributed by atoms with Gasteiger partial charge in [0.2, 0.25) is 5.91 Å². The molecule has 0 heterocycles. The van der Waals surface area contributed by atoms with Gasteiger partial charge in [0.25, 0.3) is 10.0 Å². The van der Waals surface area contributed by atoms with E-state index in [2.05, 4.69) is 39.9 Å². The third kappa shape index (κ3) is 7.09. The molecule has 0 aromatic heterocycles. The quantitative estimate of drug-likeness (QED) is 0.556. The second-order valence-corrected chi connectivity index (χ2v) is 12.6. The number of benzene rings is 2. The predicted octanol–water partition coefficient (Wildman–Crippen LogP) is 5.64. The zero-order chi connectivity index (χ0) is 24.3. The van der Waals surface area contributed by atoms with E-state index in [9.17, 15) is 13.2 Å². The van der Waals surface area contributed by atoms with Gasteiger partial charge in [-0.3, -0.25) is 9.10 Å². The molecule has 0 unspecified atom stereocenters. The average Bonchev–Trinajstić information content (AvgIpc) is 2.64. The van der Waals surface area contributed by atoms with Gasteiger partial charge in [-0.05, 0) is 68.4 Å². The molecule has 0 saturated heterocycles. The molecular formula is C26H38N2O3S. The summed E-state index contributed by atoms with van der Waals surface area (Å²) in [5.74, 6) is -0.00410.